The number of amides is 1. The maximum atomic E-state index is 11.8. The molecule has 1 fully saturated rings. The molecule has 0 atom stereocenters. The Balaban J connectivity index is 1.77. The van der Waals surface area contributed by atoms with Gasteiger partial charge in [-0.1, -0.05) is 0 Å². The van der Waals surface area contributed by atoms with E-state index in [2.05, 4.69) is 31.1 Å². The summed E-state index contributed by atoms with van der Waals surface area (Å²) in [5.41, 5.74) is 0.598. The van der Waals surface area contributed by atoms with E-state index in [4.69, 9.17) is 0 Å². The Morgan fingerprint density at radius 2 is 2.18 bits per heavy atom. The van der Waals surface area contributed by atoms with Crippen LogP contribution in [0, 0.1) is 0 Å². The molecular formula is C12H16BrN3O. The summed E-state index contributed by atoms with van der Waals surface area (Å²) < 4.78 is 0.824. The number of carbonyl (C=O) groups excluding carboxylic acids is 1. The van der Waals surface area contributed by atoms with Gasteiger partial charge in [-0.25, -0.2) is 0 Å². The number of aromatic nitrogens is 1. The van der Waals surface area contributed by atoms with Gasteiger partial charge in [0.15, 0.2) is 0 Å². The second-order valence-electron chi connectivity index (χ2n) is 4.20. The standard InChI is InChI=1S/C12H16BrN3O/c13-11-7-10(8-14-9-11)12(17)15-3-6-16-4-1-2-5-16/h7-9H,1-6H2,(H,15,17). The molecule has 1 aromatic heterocycles. The third kappa shape index (κ3) is 3.78. The molecule has 2 heterocycles. The number of nitrogens with one attached hydrogen (secondary N) is 1. The van der Waals surface area contributed by atoms with Crippen molar-refractivity contribution in [3.05, 3.63) is 28.5 Å². The third-order valence-electron chi connectivity index (χ3n) is 2.88. The van der Waals surface area contributed by atoms with Crippen LogP contribution in [0.25, 0.3) is 0 Å². The normalized spacial score (nSPS) is 16.1. The number of rotatable bonds is 4. The Labute approximate surface area is 110 Å². The first-order chi connectivity index (χ1) is 8.25. The van der Waals surface area contributed by atoms with E-state index in [9.17, 15) is 4.79 Å². The minimum atomic E-state index is -0.0574. The second-order valence-corrected chi connectivity index (χ2v) is 5.11. The van der Waals surface area contributed by atoms with Crippen molar-refractivity contribution in [1.29, 1.82) is 0 Å². The van der Waals surface area contributed by atoms with E-state index in [0.29, 0.717) is 12.1 Å². The van der Waals surface area contributed by atoms with Gasteiger partial charge in [0.2, 0.25) is 0 Å². The zero-order chi connectivity index (χ0) is 12.1. The molecule has 0 saturated carbocycles. The van der Waals surface area contributed by atoms with Crippen LogP contribution in [0.1, 0.15) is 23.2 Å². The monoisotopic (exact) mass is 297 g/mol. The van der Waals surface area contributed by atoms with Crippen LogP contribution in [0.5, 0.6) is 0 Å². The van der Waals surface area contributed by atoms with Crippen molar-refractivity contribution in [3.8, 4) is 0 Å². The molecule has 4 nitrogen and oxygen atoms in total. The molecular weight excluding hydrogens is 282 g/mol. The molecule has 1 aliphatic heterocycles. The third-order valence-corrected chi connectivity index (χ3v) is 3.31. The van der Waals surface area contributed by atoms with Gasteiger partial charge in [-0.3, -0.25) is 9.78 Å². The summed E-state index contributed by atoms with van der Waals surface area (Å²) in [4.78, 5) is 18.1. The molecule has 0 bridgehead atoms. The Bertz CT molecular complexity index is 391. The molecule has 1 aliphatic rings. The topological polar surface area (TPSA) is 45.2 Å². The summed E-state index contributed by atoms with van der Waals surface area (Å²) in [7, 11) is 0. The lowest BCUT2D eigenvalue weighted by Crippen LogP contribution is -2.33. The molecule has 1 amide bonds. The first kappa shape index (κ1) is 12.5. The van der Waals surface area contributed by atoms with Crippen LogP contribution in [0.4, 0.5) is 0 Å². The summed E-state index contributed by atoms with van der Waals surface area (Å²) in [6.07, 6.45) is 5.81. The molecule has 92 valence electrons. The summed E-state index contributed by atoms with van der Waals surface area (Å²) in [5.74, 6) is -0.0574. The molecule has 0 aliphatic carbocycles. The molecule has 1 aromatic rings. The van der Waals surface area contributed by atoms with Crippen molar-refractivity contribution < 1.29 is 4.79 Å². The molecule has 0 radical (unpaired) electrons. The highest BCUT2D eigenvalue weighted by atomic mass is 79.9. The van der Waals surface area contributed by atoms with E-state index >= 15 is 0 Å². The Hall–Kier alpha value is -0.940. The SMILES string of the molecule is O=C(NCCN1CCCC1)c1cncc(Br)c1. The first-order valence-corrected chi connectivity index (χ1v) is 6.66. The Kier molecular flexibility index (Phi) is 4.50. The van der Waals surface area contributed by atoms with Crippen molar-refractivity contribution in [1.82, 2.24) is 15.2 Å². The highest BCUT2D eigenvalue weighted by Gasteiger charge is 2.11. The van der Waals surface area contributed by atoms with Crippen LogP contribution in [-0.4, -0.2) is 42.0 Å². The maximum Gasteiger partial charge on any atom is 0.252 e. The van der Waals surface area contributed by atoms with Crippen LogP contribution in [-0.2, 0) is 0 Å². The number of pyridine rings is 1. The smallest absolute Gasteiger partial charge is 0.252 e. The number of likely N-dealkylation sites (tertiary alicyclic amines) is 1. The molecule has 17 heavy (non-hydrogen) atoms. The summed E-state index contributed by atoms with van der Waals surface area (Å²) in [5, 5.41) is 2.91. The van der Waals surface area contributed by atoms with E-state index < -0.39 is 0 Å². The Morgan fingerprint density at radius 1 is 1.41 bits per heavy atom. The fourth-order valence-electron chi connectivity index (χ4n) is 1.97. The Morgan fingerprint density at radius 3 is 2.88 bits per heavy atom. The molecule has 2 rings (SSSR count). The van der Waals surface area contributed by atoms with Crippen LogP contribution >= 0.6 is 15.9 Å². The number of nitrogens with zero attached hydrogens (tertiary/aromatic N) is 2. The second kappa shape index (κ2) is 6.12. The van der Waals surface area contributed by atoms with Crippen molar-refractivity contribution in [2.45, 2.75) is 12.8 Å². The number of halogens is 1. The van der Waals surface area contributed by atoms with Crippen molar-refractivity contribution in [2.75, 3.05) is 26.2 Å². The zero-order valence-electron chi connectivity index (χ0n) is 9.66. The average Bonchev–Trinajstić information content (AvgIpc) is 2.82. The predicted molar refractivity (Wildman–Crippen MR) is 69.9 cm³/mol. The van der Waals surface area contributed by atoms with Gasteiger partial charge in [0, 0.05) is 30.0 Å². The lowest BCUT2D eigenvalue weighted by molar-refractivity contribution is 0.0949. The minimum absolute atomic E-state index is 0.0574. The number of carbonyl (C=O) groups is 1. The molecule has 0 spiro atoms. The van der Waals surface area contributed by atoms with Gasteiger partial charge in [-0.05, 0) is 47.9 Å². The van der Waals surface area contributed by atoms with Crippen LogP contribution < -0.4 is 5.32 Å². The highest BCUT2D eigenvalue weighted by Crippen LogP contribution is 2.09. The van der Waals surface area contributed by atoms with Crippen LogP contribution in [0.15, 0.2) is 22.9 Å². The fraction of sp³-hybridized carbons (Fsp3) is 0.500. The summed E-state index contributed by atoms with van der Waals surface area (Å²) in [6, 6.07) is 1.78. The van der Waals surface area contributed by atoms with E-state index in [-0.39, 0.29) is 5.91 Å². The van der Waals surface area contributed by atoms with Gasteiger partial charge in [-0.15, -0.1) is 0 Å². The van der Waals surface area contributed by atoms with Crippen molar-refractivity contribution in [3.63, 3.8) is 0 Å². The van der Waals surface area contributed by atoms with Crippen LogP contribution in [0.2, 0.25) is 0 Å². The van der Waals surface area contributed by atoms with Crippen molar-refractivity contribution >= 4 is 21.8 Å². The zero-order valence-corrected chi connectivity index (χ0v) is 11.2. The molecule has 1 saturated heterocycles. The van der Waals surface area contributed by atoms with Crippen LogP contribution in [0.3, 0.4) is 0 Å². The predicted octanol–water partition coefficient (Wildman–Crippen LogP) is 1.67. The van der Waals surface area contributed by atoms with Gasteiger partial charge in [0.05, 0.1) is 5.56 Å². The summed E-state index contributed by atoms with van der Waals surface area (Å²) in [6.45, 7) is 3.96. The lowest BCUT2D eigenvalue weighted by atomic mass is 10.3. The largest absolute Gasteiger partial charge is 0.351 e. The van der Waals surface area contributed by atoms with E-state index in [1.807, 2.05) is 0 Å². The lowest BCUT2D eigenvalue weighted by Gasteiger charge is -2.14. The maximum absolute atomic E-state index is 11.8. The number of hydrogen-bond donors (Lipinski definition) is 1. The van der Waals surface area contributed by atoms with Gasteiger partial charge in [0.1, 0.15) is 0 Å². The van der Waals surface area contributed by atoms with E-state index in [0.717, 1.165) is 24.1 Å². The number of hydrogen-bond acceptors (Lipinski definition) is 3. The highest BCUT2D eigenvalue weighted by molar-refractivity contribution is 9.10. The van der Waals surface area contributed by atoms with E-state index in [1.54, 1.807) is 18.5 Å². The quantitative estimate of drug-likeness (QED) is 0.919. The van der Waals surface area contributed by atoms with Gasteiger partial charge >= 0.3 is 0 Å². The van der Waals surface area contributed by atoms with Gasteiger partial charge in [-0.2, -0.15) is 0 Å². The minimum Gasteiger partial charge on any atom is -0.351 e. The van der Waals surface area contributed by atoms with Gasteiger partial charge in [0.25, 0.3) is 5.91 Å². The van der Waals surface area contributed by atoms with Crippen molar-refractivity contribution in [2.24, 2.45) is 0 Å². The van der Waals surface area contributed by atoms with Gasteiger partial charge < -0.3 is 10.2 Å². The molecule has 1 N–H and O–H groups in total. The van der Waals surface area contributed by atoms with E-state index in [1.165, 1.54) is 12.8 Å². The molecule has 5 heteroatoms. The summed E-state index contributed by atoms with van der Waals surface area (Å²) >= 11 is 3.30. The fourth-order valence-corrected chi connectivity index (χ4v) is 2.34. The molecule has 0 aromatic carbocycles. The average molecular weight is 298 g/mol. The first-order valence-electron chi connectivity index (χ1n) is 5.87. The molecule has 0 unspecified atom stereocenters.